The second-order valence-corrected chi connectivity index (χ2v) is 6.85. The van der Waals surface area contributed by atoms with Crippen molar-refractivity contribution >= 4 is 28.7 Å². The zero-order valence-electron chi connectivity index (χ0n) is 14.8. The number of nitrogens with one attached hydrogen (secondary N) is 2. The highest BCUT2D eigenvalue weighted by molar-refractivity contribution is 7.80. The van der Waals surface area contributed by atoms with E-state index in [0.717, 1.165) is 22.9 Å². The topological polar surface area (TPSA) is 42.5 Å². The van der Waals surface area contributed by atoms with Gasteiger partial charge in [-0.25, -0.2) is 0 Å². The van der Waals surface area contributed by atoms with Crippen molar-refractivity contribution in [3.8, 4) is 11.5 Å². The highest BCUT2D eigenvalue weighted by Crippen LogP contribution is 2.32. The molecular weight excluding hydrogens is 320 g/mol. The molecule has 2 aromatic rings. The van der Waals surface area contributed by atoms with Crippen LogP contribution in [0.3, 0.4) is 0 Å². The first kappa shape index (κ1) is 18.1. The van der Waals surface area contributed by atoms with Crippen molar-refractivity contribution in [2.45, 2.75) is 26.2 Å². The molecule has 0 saturated heterocycles. The van der Waals surface area contributed by atoms with Crippen molar-refractivity contribution in [3.63, 3.8) is 0 Å². The highest BCUT2D eigenvalue weighted by Gasteiger charge is 2.16. The van der Waals surface area contributed by atoms with Crippen LogP contribution in [-0.2, 0) is 5.41 Å². The largest absolute Gasteiger partial charge is 0.495 e. The lowest BCUT2D eigenvalue weighted by atomic mass is 9.87. The van der Waals surface area contributed by atoms with Crippen LogP contribution in [0.25, 0.3) is 0 Å². The summed E-state index contributed by atoms with van der Waals surface area (Å²) >= 11 is 5.44. The molecule has 5 heteroatoms. The van der Waals surface area contributed by atoms with Crippen LogP contribution in [0.4, 0.5) is 11.4 Å². The SMILES string of the molecule is COc1ccccc1NC(=S)Nc1cc(C(C)(C)C)ccc1OC. The zero-order chi connectivity index (χ0) is 17.7. The van der Waals surface area contributed by atoms with E-state index < -0.39 is 0 Å². The number of hydrogen-bond donors (Lipinski definition) is 2. The van der Waals surface area contributed by atoms with Crippen LogP contribution in [0.1, 0.15) is 26.3 Å². The van der Waals surface area contributed by atoms with Gasteiger partial charge in [0.1, 0.15) is 11.5 Å². The van der Waals surface area contributed by atoms with Gasteiger partial charge in [0.2, 0.25) is 0 Å². The molecule has 24 heavy (non-hydrogen) atoms. The monoisotopic (exact) mass is 344 g/mol. The number of anilines is 2. The molecule has 2 N–H and O–H groups in total. The Hall–Kier alpha value is -2.27. The van der Waals surface area contributed by atoms with Crippen molar-refractivity contribution < 1.29 is 9.47 Å². The summed E-state index contributed by atoms with van der Waals surface area (Å²) in [5.41, 5.74) is 2.88. The van der Waals surface area contributed by atoms with E-state index in [9.17, 15) is 0 Å². The Morgan fingerprint density at radius 2 is 1.46 bits per heavy atom. The average Bonchev–Trinajstić information content (AvgIpc) is 2.54. The number of rotatable bonds is 4. The third kappa shape index (κ3) is 4.38. The Labute approximate surface area is 149 Å². The van der Waals surface area contributed by atoms with E-state index in [-0.39, 0.29) is 5.41 Å². The molecule has 0 aliphatic rings. The molecular formula is C19H24N2O2S. The Balaban J connectivity index is 2.21. The van der Waals surface area contributed by atoms with Crippen LogP contribution in [0, 0.1) is 0 Å². The van der Waals surface area contributed by atoms with Crippen LogP contribution in [-0.4, -0.2) is 19.3 Å². The van der Waals surface area contributed by atoms with E-state index in [2.05, 4.69) is 43.5 Å². The molecule has 0 aliphatic carbocycles. The van der Waals surface area contributed by atoms with Gasteiger partial charge in [-0.05, 0) is 47.5 Å². The lowest BCUT2D eigenvalue weighted by Gasteiger charge is -2.22. The molecule has 0 fully saturated rings. The minimum absolute atomic E-state index is 0.0421. The molecule has 0 spiro atoms. The van der Waals surface area contributed by atoms with Gasteiger partial charge in [0.05, 0.1) is 25.6 Å². The number of para-hydroxylation sites is 2. The molecule has 0 bridgehead atoms. The molecule has 0 aromatic heterocycles. The van der Waals surface area contributed by atoms with Crippen molar-refractivity contribution in [2.24, 2.45) is 0 Å². The molecule has 2 aromatic carbocycles. The lowest BCUT2D eigenvalue weighted by molar-refractivity contribution is 0.416. The second-order valence-electron chi connectivity index (χ2n) is 6.44. The number of ether oxygens (including phenoxy) is 2. The lowest BCUT2D eigenvalue weighted by Crippen LogP contribution is -2.20. The third-order valence-electron chi connectivity index (χ3n) is 3.67. The first-order chi connectivity index (χ1) is 11.3. The van der Waals surface area contributed by atoms with E-state index in [1.54, 1.807) is 14.2 Å². The van der Waals surface area contributed by atoms with E-state index >= 15 is 0 Å². The predicted molar refractivity (Wildman–Crippen MR) is 105 cm³/mol. The molecule has 4 nitrogen and oxygen atoms in total. The van der Waals surface area contributed by atoms with E-state index in [4.69, 9.17) is 21.7 Å². The maximum atomic E-state index is 5.44. The molecule has 2 rings (SSSR count). The molecule has 0 atom stereocenters. The number of benzene rings is 2. The first-order valence-corrected chi connectivity index (χ1v) is 8.15. The summed E-state index contributed by atoms with van der Waals surface area (Å²) in [5, 5.41) is 6.85. The molecule has 0 unspecified atom stereocenters. The Kier molecular flexibility index (Phi) is 5.67. The number of methoxy groups -OCH3 is 2. The third-order valence-corrected chi connectivity index (χ3v) is 3.87. The Bertz CT molecular complexity index is 724. The fraction of sp³-hybridized carbons (Fsp3) is 0.316. The van der Waals surface area contributed by atoms with E-state index in [0.29, 0.717) is 5.11 Å². The molecule has 0 aliphatic heterocycles. The second kappa shape index (κ2) is 7.53. The van der Waals surface area contributed by atoms with Gasteiger partial charge in [-0.1, -0.05) is 39.0 Å². The van der Waals surface area contributed by atoms with Gasteiger partial charge in [-0.2, -0.15) is 0 Å². The van der Waals surface area contributed by atoms with Crippen LogP contribution in [0.15, 0.2) is 42.5 Å². The standard InChI is InChI=1S/C19H24N2O2S/c1-19(2,3)13-10-11-17(23-5)15(12-13)21-18(24)20-14-8-6-7-9-16(14)22-4/h6-12H,1-5H3,(H2,20,21,24). The van der Waals surface area contributed by atoms with Crippen LogP contribution >= 0.6 is 12.2 Å². The number of hydrogen-bond acceptors (Lipinski definition) is 3. The van der Waals surface area contributed by atoms with Gasteiger partial charge in [0, 0.05) is 0 Å². The smallest absolute Gasteiger partial charge is 0.175 e. The maximum Gasteiger partial charge on any atom is 0.175 e. The molecule has 0 radical (unpaired) electrons. The van der Waals surface area contributed by atoms with Gasteiger partial charge in [0.25, 0.3) is 0 Å². The fourth-order valence-electron chi connectivity index (χ4n) is 2.30. The van der Waals surface area contributed by atoms with Gasteiger partial charge in [-0.15, -0.1) is 0 Å². The molecule has 128 valence electrons. The van der Waals surface area contributed by atoms with Crippen molar-refractivity contribution in [2.75, 3.05) is 24.9 Å². The molecule has 0 amide bonds. The van der Waals surface area contributed by atoms with Gasteiger partial charge in [-0.3, -0.25) is 0 Å². The highest BCUT2D eigenvalue weighted by atomic mass is 32.1. The first-order valence-electron chi connectivity index (χ1n) is 7.74. The minimum Gasteiger partial charge on any atom is -0.495 e. The minimum atomic E-state index is 0.0421. The van der Waals surface area contributed by atoms with Gasteiger partial charge < -0.3 is 20.1 Å². The number of thiocarbonyl (C=S) groups is 1. The normalized spacial score (nSPS) is 10.9. The average molecular weight is 344 g/mol. The summed E-state index contributed by atoms with van der Waals surface area (Å²) in [6.45, 7) is 6.51. The van der Waals surface area contributed by atoms with E-state index in [1.807, 2.05) is 30.3 Å². The zero-order valence-corrected chi connectivity index (χ0v) is 15.6. The Morgan fingerprint density at radius 1 is 0.875 bits per heavy atom. The molecule has 0 saturated carbocycles. The summed E-state index contributed by atoms with van der Waals surface area (Å²) in [6, 6.07) is 13.7. The van der Waals surface area contributed by atoms with Crippen LogP contribution < -0.4 is 20.1 Å². The summed E-state index contributed by atoms with van der Waals surface area (Å²) in [6.07, 6.45) is 0. The predicted octanol–water partition coefficient (Wildman–Crippen LogP) is 4.81. The summed E-state index contributed by atoms with van der Waals surface area (Å²) in [7, 11) is 3.28. The fourth-order valence-corrected chi connectivity index (χ4v) is 2.52. The summed E-state index contributed by atoms with van der Waals surface area (Å²) in [5.74, 6) is 1.48. The van der Waals surface area contributed by atoms with Crippen LogP contribution in [0.5, 0.6) is 11.5 Å². The summed E-state index contributed by atoms with van der Waals surface area (Å²) < 4.78 is 10.8. The van der Waals surface area contributed by atoms with Gasteiger partial charge >= 0.3 is 0 Å². The Morgan fingerprint density at radius 3 is 2.08 bits per heavy atom. The summed E-state index contributed by atoms with van der Waals surface area (Å²) in [4.78, 5) is 0. The van der Waals surface area contributed by atoms with Crippen molar-refractivity contribution in [1.82, 2.24) is 0 Å². The van der Waals surface area contributed by atoms with E-state index in [1.165, 1.54) is 5.56 Å². The maximum absolute atomic E-state index is 5.44. The van der Waals surface area contributed by atoms with Gasteiger partial charge in [0.15, 0.2) is 5.11 Å². The quantitative estimate of drug-likeness (QED) is 0.779. The molecule has 0 heterocycles. The van der Waals surface area contributed by atoms with Crippen molar-refractivity contribution in [1.29, 1.82) is 0 Å². The van der Waals surface area contributed by atoms with Crippen LogP contribution in [0.2, 0.25) is 0 Å². The van der Waals surface area contributed by atoms with Crippen molar-refractivity contribution in [3.05, 3.63) is 48.0 Å².